The summed E-state index contributed by atoms with van der Waals surface area (Å²) in [4.78, 5) is 38.2. The van der Waals surface area contributed by atoms with Crippen molar-refractivity contribution >= 4 is 11.8 Å². The zero-order valence-corrected chi connectivity index (χ0v) is 16.8. The number of carbonyl (C=O) groups excluding carboxylic acids is 1. The minimum atomic E-state index is -1.32. The van der Waals surface area contributed by atoms with E-state index < -0.39 is 17.0 Å². The van der Waals surface area contributed by atoms with Crippen molar-refractivity contribution < 1.29 is 19.4 Å². The van der Waals surface area contributed by atoms with Gasteiger partial charge in [0, 0.05) is 24.1 Å². The molecule has 2 aromatic rings. The highest BCUT2D eigenvalue weighted by Crippen LogP contribution is 2.42. The Morgan fingerprint density at radius 2 is 1.82 bits per heavy atom. The number of hydrogen-bond donors (Lipinski definition) is 2. The SMILES string of the molecule is Cc1cc2c(cc1CC(=O)c1cc(=O)c(C(=O)O)c[nH]1)C(C)(C)COC2(C)C. The molecule has 28 heavy (non-hydrogen) atoms. The molecule has 3 rings (SSSR count). The monoisotopic (exact) mass is 383 g/mol. The zero-order valence-electron chi connectivity index (χ0n) is 16.8. The Bertz CT molecular complexity index is 1030. The van der Waals surface area contributed by atoms with Crippen LogP contribution in [0.3, 0.4) is 0 Å². The molecule has 0 fully saturated rings. The molecule has 6 nitrogen and oxygen atoms in total. The number of aromatic carboxylic acids is 1. The quantitative estimate of drug-likeness (QED) is 0.789. The van der Waals surface area contributed by atoms with Crippen molar-refractivity contribution in [1.29, 1.82) is 0 Å². The Morgan fingerprint density at radius 1 is 1.14 bits per heavy atom. The number of pyridine rings is 1. The van der Waals surface area contributed by atoms with E-state index in [1.54, 1.807) is 0 Å². The largest absolute Gasteiger partial charge is 0.477 e. The predicted molar refractivity (Wildman–Crippen MR) is 105 cm³/mol. The molecule has 0 spiro atoms. The summed E-state index contributed by atoms with van der Waals surface area (Å²) >= 11 is 0. The topological polar surface area (TPSA) is 96.5 Å². The lowest BCUT2D eigenvalue weighted by atomic mass is 9.74. The van der Waals surface area contributed by atoms with E-state index in [4.69, 9.17) is 9.84 Å². The van der Waals surface area contributed by atoms with Gasteiger partial charge in [0.25, 0.3) is 0 Å². The van der Waals surface area contributed by atoms with Crippen LogP contribution >= 0.6 is 0 Å². The summed E-state index contributed by atoms with van der Waals surface area (Å²) in [5.74, 6) is -1.58. The molecular formula is C22H25NO5. The van der Waals surface area contributed by atoms with Gasteiger partial charge >= 0.3 is 5.97 Å². The van der Waals surface area contributed by atoms with Gasteiger partial charge < -0.3 is 14.8 Å². The summed E-state index contributed by atoms with van der Waals surface area (Å²) < 4.78 is 6.04. The highest BCUT2D eigenvalue weighted by molar-refractivity contribution is 5.96. The van der Waals surface area contributed by atoms with Crippen LogP contribution in [0.4, 0.5) is 0 Å². The first-order chi connectivity index (χ1) is 12.9. The van der Waals surface area contributed by atoms with E-state index in [2.05, 4.69) is 31.0 Å². The number of Topliss-reactive ketones (excluding diaryl/α,β-unsaturated/α-hetero) is 1. The van der Waals surface area contributed by atoms with E-state index >= 15 is 0 Å². The number of rotatable bonds is 4. The summed E-state index contributed by atoms with van der Waals surface area (Å²) in [6.07, 6.45) is 1.19. The summed E-state index contributed by atoms with van der Waals surface area (Å²) in [5, 5.41) is 8.96. The lowest BCUT2D eigenvalue weighted by Gasteiger charge is -2.42. The van der Waals surface area contributed by atoms with Crippen molar-refractivity contribution in [2.45, 2.75) is 52.1 Å². The third kappa shape index (κ3) is 3.52. The van der Waals surface area contributed by atoms with Crippen LogP contribution in [0.5, 0.6) is 0 Å². The lowest BCUT2D eigenvalue weighted by molar-refractivity contribution is -0.0588. The average molecular weight is 383 g/mol. The van der Waals surface area contributed by atoms with Gasteiger partial charge in [-0.15, -0.1) is 0 Å². The van der Waals surface area contributed by atoms with Crippen LogP contribution in [0, 0.1) is 6.92 Å². The normalized spacial score (nSPS) is 17.0. The van der Waals surface area contributed by atoms with E-state index in [9.17, 15) is 14.4 Å². The fourth-order valence-electron chi connectivity index (χ4n) is 3.59. The van der Waals surface area contributed by atoms with E-state index in [1.807, 2.05) is 20.8 Å². The van der Waals surface area contributed by atoms with E-state index in [0.29, 0.717) is 6.61 Å². The number of ketones is 1. The molecule has 0 amide bonds. The second-order valence-corrected chi connectivity index (χ2v) is 8.54. The number of H-pyrrole nitrogens is 1. The average Bonchev–Trinajstić information content (AvgIpc) is 2.60. The van der Waals surface area contributed by atoms with Gasteiger partial charge in [-0.25, -0.2) is 4.79 Å². The summed E-state index contributed by atoms with van der Waals surface area (Å²) in [6, 6.07) is 5.20. The van der Waals surface area contributed by atoms with Crippen molar-refractivity contribution in [2.24, 2.45) is 0 Å². The van der Waals surface area contributed by atoms with Crippen molar-refractivity contribution in [3.05, 3.63) is 68.1 Å². The van der Waals surface area contributed by atoms with Crippen molar-refractivity contribution in [3.8, 4) is 0 Å². The molecule has 6 heteroatoms. The number of carboxylic acids is 1. The number of benzene rings is 1. The molecule has 0 atom stereocenters. The minimum Gasteiger partial charge on any atom is -0.477 e. The van der Waals surface area contributed by atoms with Gasteiger partial charge in [-0.1, -0.05) is 26.0 Å². The van der Waals surface area contributed by atoms with Crippen molar-refractivity contribution in [2.75, 3.05) is 6.61 Å². The van der Waals surface area contributed by atoms with Gasteiger partial charge in [-0.2, -0.15) is 0 Å². The Kier molecular flexibility index (Phi) is 4.79. The van der Waals surface area contributed by atoms with Gasteiger partial charge in [0.2, 0.25) is 0 Å². The van der Waals surface area contributed by atoms with Crippen LogP contribution in [0.15, 0.2) is 29.2 Å². The molecule has 0 saturated heterocycles. The van der Waals surface area contributed by atoms with Crippen molar-refractivity contribution in [3.63, 3.8) is 0 Å². The maximum absolute atomic E-state index is 12.7. The molecule has 1 aliphatic rings. The first-order valence-electron chi connectivity index (χ1n) is 9.20. The van der Waals surface area contributed by atoms with Gasteiger partial charge in [0.15, 0.2) is 11.2 Å². The van der Waals surface area contributed by atoms with Crippen LogP contribution in [-0.4, -0.2) is 28.4 Å². The molecule has 0 radical (unpaired) electrons. The van der Waals surface area contributed by atoms with Gasteiger partial charge in [0.05, 0.1) is 17.9 Å². The number of carbonyl (C=O) groups is 2. The molecule has 1 aromatic heterocycles. The number of aromatic amines is 1. The number of aromatic nitrogens is 1. The lowest BCUT2D eigenvalue weighted by Crippen LogP contribution is -2.40. The second-order valence-electron chi connectivity index (χ2n) is 8.54. The molecular weight excluding hydrogens is 358 g/mol. The summed E-state index contributed by atoms with van der Waals surface area (Å²) in [7, 11) is 0. The third-order valence-electron chi connectivity index (χ3n) is 5.44. The third-order valence-corrected chi connectivity index (χ3v) is 5.44. The number of hydrogen-bond acceptors (Lipinski definition) is 4. The summed E-state index contributed by atoms with van der Waals surface area (Å²) in [6.45, 7) is 10.9. The minimum absolute atomic E-state index is 0.107. The standard InChI is InChI=1S/C22H25NO5/c1-12-6-16-15(21(2,3)11-28-22(16,4)5)7-13(12)8-19(25)17-9-18(24)14(10-23-17)20(26)27/h6-7,9-10H,8,11H2,1-5H3,(H,23,24)(H,26,27). The molecule has 0 bridgehead atoms. The summed E-state index contributed by atoms with van der Waals surface area (Å²) in [5.41, 5.74) is 2.62. The van der Waals surface area contributed by atoms with Crippen LogP contribution in [0.25, 0.3) is 0 Å². The fraction of sp³-hybridized carbons (Fsp3) is 0.409. The molecule has 1 aliphatic heterocycles. The molecule has 0 unspecified atom stereocenters. The van der Waals surface area contributed by atoms with E-state index in [-0.39, 0.29) is 28.9 Å². The first-order valence-corrected chi connectivity index (χ1v) is 9.20. The zero-order chi connectivity index (χ0) is 20.9. The highest BCUT2D eigenvalue weighted by atomic mass is 16.5. The maximum Gasteiger partial charge on any atom is 0.341 e. The smallest absolute Gasteiger partial charge is 0.341 e. The predicted octanol–water partition coefficient (Wildman–Crippen LogP) is 3.35. The molecule has 2 N–H and O–H groups in total. The molecule has 0 saturated carbocycles. The molecule has 0 aliphatic carbocycles. The second kappa shape index (κ2) is 6.71. The van der Waals surface area contributed by atoms with Gasteiger partial charge in [-0.3, -0.25) is 9.59 Å². The Balaban J connectivity index is 1.97. The van der Waals surface area contributed by atoms with E-state index in [1.165, 1.54) is 0 Å². The number of aryl methyl sites for hydroxylation is 1. The number of carboxylic acid groups (broad SMARTS) is 1. The number of nitrogens with one attached hydrogen (secondary N) is 1. The van der Waals surface area contributed by atoms with Gasteiger partial charge in [0.1, 0.15) is 5.56 Å². The fourth-order valence-corrected chi connectivity index (χ4v) is 3.59. The maximum atomic E-state index is 12.7. The van der Waals surface area contributed by atoms with Crippen LogP contribution in [-0.2, 0) is 22.2 Å². The van der Waals surface area contributed by atoms with Crippen molar-refractivity contribution in [1.82, 2.24) is 4.98 Å². The Labute approximate surface area is 163 Å². The molecule has 1 aromatic carbocycles. The number of ether oxygens (including phenoxy) is 1. The molecule has 2 heterocycles. The highest BCUT2D eigenvalue weighted by Gasteiger charge is 2.38. The Morgan fingerprint density at radius 3 is 2.43 bits per heavy atom. The first kappa shape index (κ1) is 20.0. The van der Waals surface area contributed by atoms with Gasteiger partial charge in [-0.05, 0) is 43.0 Å². The Hall–Kier alpha value is -2.73. The van der Waals surface area contributed by atoms with Crippen LogP contribution in [0.1, 0.15) is 70.8 Å². The molecule has 148 valence electrons. The van der Waals surface area contributed by atoms with E-state index in [0.717, 1.165) is 34.5 Å². The van der Waals surface area contributed by atoms with Crippen LogP contribution < -0.4 is 5.43 Å². The number of fused-ring (bicyclic) bond motifs is 1. The van der Waals surface area contributed by atoms with Crippen LogP contribution in [0.2, 0.25) is 0 Å².